The molecule has 0 aromatic rings. The van der Waals surface area contributed by atoms with Gasteiger partial charge in [0, 0.05) is 38.3 Å². The number of hydrogen-bond donors (Lipinski definition) is 0. The summed E-state index contributed by atoms with van der Waals surface area (Å²) in [6.07, 6.45) is 5.59. The van der Waals surface area contributed by atoms with Crippen LogP contribution in [0.2, 0.25) is 0 Å². The van der Waals surface area contributed by atoms with Crippen molar-refractivity contribution in [2.45, 2.75) is 58.5 Å². The molecule has 94 valence electrons. The van der Waals surface area contributed by atoms with Gasteiger partial charge >= 0.3 is 0 Å². The van der Waals surface area contributed by atoms with Crippen LogP contribution in [0, 0.1) is 5.92 Å². The fraction of sp³-hybridized carbons (Fsp3) is 1.00. The van der Waals surface area contributed by atoms with Crippen molar-refractivity contribution in [3.63, 3.8) is 0 Å². The highest BCUT2D eigenvalue weighted by Crippen LogP contribution is 2.31. The standard InChI is InChI=1S/C14H28N2/c1-4-14(5-2)16-9-8-15(12(3)10-16)11-13-6-7-13/h12-14H,4-11H2,1-3H3/t12-/m1/s1. The number of piperazine rings is 1. The molecule has 0 unspecified atom stereocenters. The molecule has 0 N–H and O–H groups in total. The highest BCUT2D eigenvalue weighted by Gasteiger charge is 2.31. The van der Waals surface area contributed by atoms with Crippen LogP contribution in [0.5, 0.6) is 0 Å². The molecular weight excluding hydrogens is 196 g/mol. The Morgan fingerprint density at radius 1 is 1.12 bits per heavy atom. The van der Waals surface area contributed by atoms with E-state index in [0.717, 1.165) is 18.0 Å². The summed E-state index contributed by atoms with van der Waals surface area (Å²) >= 11 is 0. The quantitative estimate of drug-likeness (QED) is 0.708. The van der Waals surface area contributed by atoms with Crippen LogP contribution in [0.15, 0.2) is 0 Å². The first kappa shape index (κ1) is 12.4. The van der Waals surface area contributed by atoms with E-state index in [1.54, 1.807) is 0 Å². The Labute approximate surface area is 101 Å². The molecule has 2 rings (SSSR count). The first-order chi connectivity index (χ1) is 7.74. The molecule has 0 aromatic heterocycles. The molecule has 0 amide bonds. The first-order valence-electron chi connectivity index (χ1n) is 7.22. The van der Waals surface area contributed by atoms with E-state index in [1.165, 1.54) is 51.9 Å². The van der Waals surface area contributed by atoms with E-state index in [1.807, 2.05) is 0 Å². The van der Waals surface area contributed by atoms with Crippen molar-refractivity contribution >= 4 is 0 Å². The topological polar surface area (TPSA) is 6.48 Å². The Morgan fingerprint density at radius 2 is 1.81 bits per heavy atom. The van der Waals surface area contributed by atoms with Gasteiger partial charge in [-0.05, 0) is 38.5 Å². The number of nitrogens with zero attached hydrogens (tertiary/aromatic N) is 2. The lowest BCUT2D eigenvalue weighted by Gasteiger charge is -2.43. The van der Waals surface area contributed by atoms with E-state index < -0.39 is 0 Å². The van der Waals surface area contributed by atoms with Gasteiger partial charge in [0.2, 0.25) is 0 Å². The number of hydrogen-bond acceptors (Lipinski definition) is 2. The molecule has 0 spiro atoms. The van der Waals surface area contributed by atoms with Crippen LogP contribution in [0.1, 0.15) is 46.5 Å². The summed E-state index contributed by atoms with van der Waals surface area (Å²) in [5, 5.41) is 0. The van der Waals surface area contributed by atoms with Gasteiger partial charge in [-0.2, -0.15) is 0 Å². The summed E-state index contributed by atoms with van der Waals surface area (Å²) in [6, 6.07) is 1.60. The minimum atomic E-state index is 0.773. The van der Waals surface area contributed by atoms with Crippen molar-refractivity contribution in [2.24, 2.45) is 5.92 Å². The molecular formula is C14H28N2. The van der Waals surface area contributed by atoms with E-state index >= 15 is 0 Å². The molecule has 1 heterocycles. The fourth-order valence-electron chi connectivity index (χ4n) is 3.06. The van der Waals surface area contributed by atoms with E-state index in [4.69, 9.17) is 0 Å². The average molecular weight is 224 g/mol. The molecule has 2 heteroatoms. The zero-order valence-corrected chi connectivity index (χ0v) is 11.3. The van der Waals surface area contributed by atoms with Crippen LogP contribution in [-0.2, 0) is 0 Å². The molecule has 0 aromatic carbocycles. The average Bonchev–Trinajstić information content (AvgIpc) is 3.07. The molecule has 16 heavy (non-hydrogen) atoms. The Bertz CT molecular complexity index is 209. The van der Waals surface area contributed by atoms with Crippen LogP contribution >= 0.6 is 0 Å². The van der Waals surface area contributed by atoms with Crippen molar-refractivity contribution in [1.29, 1.82) is 0 Å². The molecule has 2 fully saturated rings. The third-order valence-electron chi connectivity index (χ3n) is 4.45. The van der Waals surface area contributed by atoms with Crippen molar-refractivity contribution < 1.29 is 0 Å². The second kappa shape index (κ2) is 5.50. The van der Waals surface area contributed by atoms with Crippen molar-refractivity contribution in [1.82, 2.24) is 9.80 Å². The van der Waals surface area contributed by atoms with Crippen molar-refractivity contribution in [2.75, 3.05) is 26.2 Å². The zero-order valence-electron chi connectivity index (χ0n) is 11.3. The van der Waals surface area contributed by atoms with Gasteiger partial charge in [-0.1, -0.05) is 13.8 Å². The molecule has 2 aliphatic rings. The highest BCUT2D eigenvalue weighted by atomic mass is 15.3. The van der Waals surface area contributed by atoms with Gasteiger partial charge in [0.15, 0.2) is 0 Å². The number of rotatable bonds is 5. The third kappa shape index (κ3) is 2.98. The van der Waals surface area contributed by atoms with Crippen LogP contribution in [-0.4, -0.2) is 48.1 Å². The lowest BCUT2D eigenvalue weighted by Crippen LogP contribution is -2.54. The Balaban J connectivity index is 1.80. The Kier molecular flexibility index (Phi) is 4.26. The van der Waals surface area contributed by atoms with Gasteiger partial charge in [-0.15, -0.1) is 0 Å². The molecule has 1 atom stereocenters. The smallest absolute Gasteiger partial charge is 0.0195 e. The Morgan fingerprint density at radius 3 is 2.31 bits per heavy atom. The maximum absolute atomic E-state index is 2.72. The maximum atomic E-state index is 2.72. The summed E-state index contributed by atoms with van der Waals surface area (Å²) in [6.45, 7) is 12.3. The summed E-state index contributed by atoms with van der Waals surface area (Å²) in [4.78, 5) is 5.44. The summed E-state index contributed by atoms with van der Waals surface area (Å²) < 4.78 is 0. The van der Waals surface area contributed by atoms with Gasteiger partial charge in [0.05, 0.1) is 0 Å². The van der Waals surface area contributed by atoms with E-state index in [-0.39, 0.29) is 0 Å². The summed E-state index contributed by atoms with van der Waals surface area (Å²) in [7, 11) is 0. The molecule has 1 saturated carbocycles. The van der Waals surface area contributed by atoms with Crippen LogP contribution in [0.25, 0.3) is 0 Å². The molecule has 2 nitrogen and oxygen atoms in total. The molecule has 0 bridgehead atoms. The predicted octanol–water partition coefficient (Wildman–Crippen LogP) is 2.59. The van der Waals surface area contributed by atoms with Crippen LogP contribution < -0.4 is 0 Å². The van der Waals surface area contributed by atoms with Gasteiger partial charge in [-0.25, -0.2) is 0 Å². The minimum Gasteiger partial charge on any atom is -0.298 e. The Hall–Kier alpha value is -0.0800. The van der Waals surface area contributed by atoms with Gasteiger partial charge in [-0.3, -0.25) is 9.80 Å². The van der Waals surface area contributed by atoms with Crippen molar-refractivity contribution in [3.05, 3.63) is 0 Å². The lowest BCUT2D eigenvalue weighted by atomic mass is 10.1. The normalized spacial score (nSPS) is 28.9. The maximum Gasteiger partial charge on any atom is 0.0195 e. The van der Waals surface area contributed by atoms with E-state index in [0.29, 0.717) is 0 Å². The fourth-order valence-corrected chi connectivity index (χ4v) is 3.06. The third-order valence-corrected chi connectivity index (χ3v) is 4.45. The first-order valence-corrected chi connectivity index (χ1v) is 7.22. The molecule has 1 aliphatic heterocycles. The van der Waals surface area contributed by atoms with Gasteiger partial charge in [0.1, 0.15) is 0 Å². The van der Waals surface area contributed by atoms with Gasteiger partial charge in [0.25, 0.3) is 0 Å². The van der Waals surface area contributed by atoms with Crippen LogP contribution in [0.3, 0.4) is 0 Å². The van der Waals surface area contributed by atoms with E-state index in [9.17, 15) is 0 Å². The summed E-state index contributed by atoms with van der Waals surface area (Å²) in [5.74, 6) is 1.04. The minimum absolute atomic E-state index is 0.773. The summed E-state index contributed by atoms with van der Waals surface area (Å²) in [5.41, 5.74) is 0. The SMILES string of the molecule is CCC(CC)N1CCN(CC2CC2)[C@H](C)C1. The zero-order chi connectivity index (χ0) is 11.5. The largest absolute Gasteiger partial charge is 0.298 e. The lowest BCUT2D eigenvalue weighted by molar-refractivity contribution is 0.0500. The monoisotopic (exact) mass is 224 g/mol. The molecule has 1 aliphatic carbocycles. The van der Waals surface area contributed by atoms with E-state index in [2.05, 4.69) is 30.6 Å². The second-order valence-electron chi connectivity index (χ2n) is 5.75. The molecule has 1 saturated heterocycles. The predicted molar refractivity (Wildman–Crippen MR) is 69.7 cm³/mol. The van der Waals surface area contributed by atoms with Gasteiger partial charge < -0.3 is 0 Å². The molecule has 0 radical (unpaired) electrons. The van der Waals surface area contributed by atoms with Crippen molar-refractivity contribution in [3.8, 4) is 0 Å². The second-order valence-corrected chi connectivity index (χ2v) is 5.75. The van der Waals surface area contributed by atoms with Crippen LogP contribution in [0.4, 0.5) is 0 Å². The highest BCUT2D eigenvalue weighted by molar-refractivity contribution is 4.86.